The molecule has 1 fully saturated rings. The zero-order valence-electron chi connectivity index (χ0n) is 23.5. The van der Waals surface area contributed by atoms with Gasteiger partial charge in [-0.15, -0.1) is 11.3 Å². The van der Waals surface area contributed by atoms with Crippen LogP contribution in [0.4, 0.5) is 0 Å². The number of benzene rings is 2. The van der Waals surface area contributed by atoms with Gasteiger partial charge < -0.3 is 14.4 Å². The zero-order chi connectivity index (χ0) is 29.4. The summed E-state index contributed by atoms with van der Waals surface area (Å²) in [6.45, 7) is 3.33. The molecule has 1 aliphatic heterocycles. The molecule has 1 aliphatic rings. The fraction of sp³-hybridized carbons (Fsp3) is 0.414. The molecule has 0 radical (unpaired) electrons. The number of thiazole rings is 1. The van der Waals surface area contributed by atoms with E-state index in [4.69, 9.17) is 9.47 Å². The van der Waals surface area contributed by atoms with Crippen molar-refractivity contribution in [2.45, 2.75) is 26.3 Å². The summed E-state index contributed by atoms with van der Waals surface area (Å²) in [4.78, 5) is 32.8. The van der Waals surface area contributed by atoms with E-state index in [2.05, 4.69) is 17.1 Å². The van der Waals surface area contributed by atoms with E-state index < -0.39 is 21.6 Å². The lowest BCUT2D eigenvalue weighted by Gasteiger charge is -2.25. The van der Waals surface area contributed by atoms with Crippen molar-refractivity contribution in [2.75, 3.05) is 51.1 Å². The van der Waals surface area contributed by atoms with Crippen LogP contribution in [0, 0.1) is 6.92 Å². The summed E-state index contributed by atoms with van der Waals surface area (Å²) in [6.07, 6.45) is 1.51. The van der Waals surface area contributed by atoms with E-state index in [1.54, 1.807) is 48.4 Å². The predicted molar refractivity (Wildman–Crippen MR) is 163 cm³/mol. The van der Waals surface area contributed by atoms with Crippen molar-refractivity contribution in [3.05, 3.63) is 75.2 Å². The van der Waals surface area contributed by atoms with Gasteiger partial charge in [0.25, 0.3) is 5.91 Å². The Balaban J connectivity index is 1.51. The molecule has 1 amide bonds. The maximum Gasteiger partial charge on any atom is 0.254 e. The first-order valence-corrected chi connectivity index (χ1v) is 16.9. The number of sulfonamides is 1. The van der Waals surface area contributed by atoms with Gasteiger partial charge in [-0.3, -0.25) is 9.59 Å². The van der Waals surface area contributed by atoms with Crippen molar-refractivity contribution in [1.29, 1.82) is 0 Å². The zero-order valence-corrected chi connectivity index (χ0v) is 25.9. The maximum atomic E-state index is 13.8. The Labute approximate surface area is 249 Å². The number of aryl methyl sites for hydroxylation is 1. The number of amides is 1. The Morgan fingerprint density at radius 1 is 1.05 bits per heavy atom. The molecule has 41 heavy (non-hydrogen) atoms. The lowest BCUT2D eigenvalue weighted by Crippen LogP contribution is -2.40. The summed E-state index contributed by atoms with van der Waals surface area (Å²) < 4.78 is 37.9. The topological polar surface area (TPSA) is 106 Å². The Morgan fingerprint density at radius 3 is 2.34 bits per heavy atom. The fourth-order valence-corrected chi connectivity index (χ4v) is 7.94. The number of ether oxygens (including phenoxy) is 2. The molecule has 0 aliphatic carbocycles. The Morgan fingerprint density at radius 2 is 1.71 bits per heavy atom. The van der Waals surface area contributed by atoms with Crippen LogP contribution in [-0.2, 0) is 23.0 Å². The van der Waals surface area contributed by atoms with Gasteiger partial charge in [-0.1, -0.05) is 30.3 Å². The van der Waals surface area contributed by atoms with E-state index in [0.717, 1.165) is 29.9 Å². The van der Waals surface area contributed by atoms with Crippen LogP contribution in [-0.4, -0.2) is 85.4 Å². The highest BCUT2D eigenvalue weighted by atomic mass is 32.2. The molecular formula is C29H35N3O6S3. The predicted octanol–water partition coefficient (Wildman–Crippen LogP) is 4.31. The van der Waals surface area contributed by atoms with Crippen molar-refractivity contribution in [2.24, 2.45) is 0 Å². The van der Waals surface area contributed by atoms with E-state index in [-0.39, 0.29) is 18.1 Å². The van der Waals surface area contributed by atoms with Gasteiger partial charge in [0.1, 0.15) is 28.0 Å². The highest BCUT2D eigenvalue weighted by Crippen LogP contribution is 2.30. The van der Waals surface area contributed by atoms with Crippen molar-refractivity contribution in [3.8, 4) is 11.5 Å². The van der Waals surface area contributed by atoms with E-state index in [0.29, 0.717) is 41.7 Å². The third-order valence-electron chi connectivity index (χ3n) is 6.86. The standard InChI is InChI=1S/C29H35N3O6S3/c1-21-26(37-2)16-23(17-27(21)38-3)29(34)31(11-7-10-22-8-5-4-6-9-22)18-28-30-24(19-40-28)25(33)20-41(35,36)32-12-14-39-15-13-32/h4-6,8-9,16-17,19H,7,10-15,18,20H2,1-3H3. The first-order valence-electron chi connectivity index (χ1n) is 13.3. The lowest BCUT2D eigenvalue weighted by molar-refractivity contribution is 0.0740. The molecule has 1 aromatic heterocycles. The van der Waals surface area contributed by atoms with Crippen LogP contribution in [0.2, 0.25) is 0 Å². The van der Waals surface area contributed by atoms with Gasteiger partial charge in [-0.05, 0) is 37.5 Å². The first kappa shape index (κ1) is 31.0. The van der Waals surface area contributed by atoms with Crippen LogP contribution in [0.5, 0.6) is 11.5 Å². The number of carbonyl (C=O) groups is 2. The molecule has 9 nitrogen and oxygen atoms in total. The smallest absolute Gasteiger partial charge is 0.254 e. The molecule has 1 saturated heterocycles. The average molecular weight is 618 g/mol. The summed E-state index contributed by atoms with van der Waals surface area (Å²) in [5, 5.41) is 2.13. The van der Waals surface area contributed by atoms with Gasteiger partial charge in [-0.25, -0.2) is 13.4 Å². The number of thioether (sulfide) groups is 1. The second-order valence-corrected chi connectivity index (χ2v) is 13.8. The van der Waals surface area contributed by atoms with Crippen LogP contribution in [0.15, 0.2) is 47.8 Å². The molecule has 220 valence electrons. The van der Waals surface area contributed by atoms with Gasteiger partial charge in [-0.2, -0.15) is 16.1 Å². The lowest BCUT2D eigenvalue weighted by atomic mass is 10.1. The molecule has 2 aromatic carbocycles. The van der Waals surface area contributed by atoms with Crippen molar-refractivity contribution in [1.82, 2.24) is 14.2 Å². The number of carbonyl (C=O) groups excluding carboxylic acids is 2. The van der Waals surface area contributed by atoms with Crippen LogP contribution >= 0.6 is 23.1 Å². The largest absolute Gasteiger partial charge is 0.496 e. The molecule has 0 N–H and O–H groups in total. The number of hydrogen-bond donors (Lipinski definition) is 0. The highest BCUT2D eigenvalue weighted by Gasteiger charge is 2.28. The molecule has 3 aromatic rings. The molecule has 0 saturated carbocycles. The summed E-state index contributed by atoms with van der Waals surface area (Å²) >= 11 is 2.94. The van der Waals surface area contributed by atoms with E-state index in [9.17, 15) is 18.0 Å². The number of hydrogen-bond acceptors (Lipinski definition) is 9. The SMILES string of the molecule is COc1cc(C(=O)N(CCCc2ccccc2)Cc2nc(C(=O)CS(=O)(=O)N3CCSCC3)cs2)cc(OC)c1C. The number of nitrogens with zero attached hydrogens (tertiary/aromatic N) is 3. The molecule has 0 atom stereocenters. The van der Waals surface area contributed by atoms with Gasteiger partial charge in [0.15, 0.2) is 5.78 Å². The van der Waals surface area contributed by atoms with Gasteiger partial charge in [0.05, 0.1) is 20.8 Å². The normalized spacial score (nSPS) is 14.0. The summed E-state index contributed by atoms with van der Waals surface area (Å²) in [5.41, 5.74) is 2.50. The minimum atomic E-state index is -3.70. The molecule has 12 heteroatoms. The fourth-order valence-electron chi connectivity index (χ4n) is 4.59. The van der Waals surface area contributed by atoms with E-state index in [1.165, 1.54) is 21.2 Å². The van der Waals surface area contributed by atoms with Gasteiger partial charge in [0, 0.05) is 47.6 Å². The van der Waals surface area contributed by atoms with Crippen molar-refractivity contribution >= 4 is 44.8 Å². The second-order valence-electron chi connectivity index (χ2n) is 9.64. The molecule has 0 bridgehead atoms. The number of Topliss-reactive ketones (excluding diaryl/α,β-unsaturated/α-hetero) is 1. The molecular weight excluding hydrogens is 583 g/mol. The minimum Gasteiger partial charge on any atom is -0.496 e. The third-order valence-corrected chi connectivity index (χ3v) is 10.4. The maximum absolute atomic E-state index is 13.8. The van der Waals surface area contributed by atoms with Crippen molar-refractivity contribution in [3.63, 3.8) is 0 Å². The Bertz CT molecular complexity index is 1430. The first-order chi connectivity index (χ1) is 19.7. The van der Waals surface area contributed by atoms with Crippen molar-refractivity contribution < 1.29 is 27.5 Å². The Hall–Kier alpha value is -2.93. The van der Waals surface area contributed by atoms with E-state index in [1.807, 2.05) is 25.1 Å². The summed E-state index contributed by atoms with van der Waals surface area (Å²) in [7, 11) is -0.607. The summed E-state index contributed by atoms with van der Waals surface area (Å²) in [5.74, 6) is 1.18. The monoisotopic (exact) mass is 617 g/mol. The summed E-state index contributed by atoms with van der Waals surface area (Å²) in [6, 6.07) is 13.4. The van der Waals surface area contributed by atoms with E-state index >= 15 is 0 Å². The quantitative estimate of drug-likeness (QED) is 0.262. The number of methoxy groups -OCH3 is 2. The van der Waals surface area contributed by atoms with Gasteiger partial charge >= 0.3 is 0 Å². The molecule has 4 rings (SSSR count). The van der Waals surface area contributed by atoms with Crippen LogP contribution in [0.1, 0.15) is 43.4 Å². The average Bonchev–Trinajstić information content (AvgIpc) is 3.46. The third kappa shape index (κ3) is 8.09. The molecule has 2 heterocycles. The number of ketones is 1. The van der Waals surface area contributed by atoms with Crippen LogP contribution in [0.3, 0.4) is 0 Å². The number of rotatable bonds is 13. The molecule has 0 spiro atoms. The Kier molecular flexibility index (Phi) is 10.8. The van der Waals surface area contributed by atoms with Gasteiger partial charge in [0.2, 0.25) is 10.0 Å². The molecule has 0 unspecified atom stereocenters. The minimum absolute atomic E-state index is 0.107. The van der Waals surface area contributed by atoms with Crippen LogP contribution < -0.4 is 9.47 Å². The second kappa shape index (κ2) is 14.3. The number of aromatic nitrogens is 1. The van der Waals surface area contributed by atoms with Crippen LogP contribution in [0.25, 0.3) is 0 Å². The highest BCUT2D eigenvalue weighted by molar-refractivity contribution is 7.99.